The Morgan fingerprint density at radius 3 is 2.62 bits per heavy atom. The zero-order chi connectivity index (χ0) is 24.3. The van der Waals surface area contributed by atoms with Gasteiger partial charge in [0.25, 0.3) is 5.56 Å². The fourth-order valence-electron chi connectivity index (χ4n) is 2.88. The number of halogens is 1. The molecule has 2 rings (SSSR count). The molecule has 0 aliphatic carbocycles. The Balaban J connectivity index is 2.12. The van der Waals surface area contributed by atoms with Crippen LogP contribution in [0.25, 0.3) is 0 Å². The summed E-state index contributed by atoms with van der Waals surface area (Å²) in [6.45, 7) is 0.429. The van der Waals surface area contributed by atoms with Crippen LogP contribution < -0.4 is 11.2 Å². The molecule has 0 radical (unpaired) electrons. The normalized spacial score (nSPS) is 29.6. The van der Waals surface area contributed by atoms with Gasteiger partial charge in [0, 0.05) is 12.3 Å². The molecule has 0 spiro atoms. The molecule has 0 saturated carbocycles. The molecule has 2 heterocycles. The molecule has 0 amide bonds. The first-order valence-corrected chi connectivity index (χ1v) is 10.6. The van der Waals surface area contributed by atoms with Crippen LogP contribution in [0.15, 0.2) is 21.9 Å². The van der Waals surface area contributed by atoms with E-state index in [1.54, 1.807) is 0 Å². The summed E-state index contributed by atoms with van der Waals surface area (Å²) < 4.78 is 50.1. The van der Waals surface area contributed by atoms with Crippen LogP contribution in [0.3, 0.4) is 0 Å². The number of H-pyrrole nitrogens is 1. The van der Waals surface area contributed by atoms with E-state index in [1.165, 1.54) is 13.8 Å². The van der Waals surface area contributed by atoms with Crippen LogP contribution in [0.1, 0.15) is 27.0 Å². The maximum Gasteiger partial charge on any atom is 0.510 e. The molecule has 2 unspecified atom stereocenters. The van der Waals surface area contributed by atoms with E-state index < -0.39 is 74.9 Å². The van der Waals surface area contributed by atoms with Gasteiger partial charge in [-0.1, -0.05) is 0 Å². The Morgan fingerprint density at radius 2 is 2.06 bits per heavy atom. The van der Waals surface area contributed by atoms with E-state index in [2.05, 4.69) is 18.5 Å². The average molecular weight is 486 g/mol. The minimum absolute atomic E-state index is 0.513. The number of ether oxygens (including phenoxy) is 3. The van der Waals surface area contributed by atoms with Crippen molar-refractivity contribution in [1.82, 2.24) is 9.55 Å². The molecule has 0 aromatic carbocycles. The van der Waals surface area contributed by atoms with Crippen LogP contribution in [0.5, 0.6) is 0 Å². The highest BCUT2D eigenvalue weighted by Crippen LogP contribution is 2.49. The fourth-order valence-corrected chi connectivity index (χ4v) is 3.52. The van der Waals surface area contributed by atoms with Gasteiger partial charge in [-0.15, -0.1) is 0 Å². The number of phosphoric ester groups is 1. The molecule has 0 bridgehead atoms. The maximum absolute atomic E-state index is 13.9. The smallest absolute Gasteiger partial charge is 0.432 e. The van der Waals surface area contributed by atoms with Gasteiger partial charge < -0.3 is 29.3 Å². The Kier molecular flexibility index (Phi) is 7.99. The van der Waals surface area contributed by atoms with Crippen LogP contribution in [0, 0.1) is 0 Å². The molecule has 4 N–H and O–H groups in total. The molecule has 1 aliphatic heterocycles. The summed E-state index contributed by atoms with van der Waals surface area (Å²) in [7, 11) is -4.96. The molecule has 182 valence electrons. The summed E-state index contributed by atoms with van der Waals surface area (Å²) in [5, 5.41) is 21.2. The summed E-state index contributed by atoms with van der Waals surface area (Å²) in [5.74, 6) is 0. The highest BCUT2D eigenvalue weighted by atomic mass is 31.2. The second-order valence-electron chi connectivity index (χ2n) is 7.36. The van der Waals surface area contributed by atoms with Gasteiger partial charge in [-0.05, 0) is 20.8 Å². The maximum atomic E-state index is 13.9. The quantitative estimate of drug-likeness (QED) is 0.199. The van der Waals surface area contributed by atoms with Crippen molar-refractivity contribution in [3.8, 4) is 0 Å². The van der Waals surface area contributed by atoms with E-state index in [1.807, 2.05) is 4.98 Å². The molecule has 1 aromatic rings. The topological polar surface area (TPSA) is 196 Å². The van der Waals surface area contributed by atoms with Gasteiger partial charge in [0.15, 0.2) is 11.8 Å². The van der Waals surface area contributed by atoms with Crippen molar-refractivity contribution in [3.05, 3.63) is 33.1 Å². The lowest BCUT2D eigenvalue weighted by Gasteiger charge is -2.30. The number of carbonyl (C=O) groups is 1. The number of hydrogen-bond donors (Lipinski definition) is 4. The monoisotopic (exact) mass is 486 g/mol. The SMILES string of the molecule is CC(C)OC(=O)OCOP(=O)(O)OC[C@@]1(CF)OC(n2ccc(=O)[nH]c2=O)[C@](C)(O)[C@@H]1O. The third-order valence-electron chi connectivity index (χ3n) is 4.42. The number of carbonyl (C=O) groups excluding carboxylic acids is 1. The van der Waals surface area contributed by atoms with Crippen molar-refractivity contribution >= 4 is 14.0 Å². The van der Waals surface area contributed by atoms with Gasteiger partial charge in [-0.25, -0.2) is 23.1 Å². The van der Waals surface area contributed by atoms with Gasteiger partial charge in [0.05, 0.1) is 12.7 Å². The molecule has 1 fully saturated rings. The minimum Gasteiger partial charge on any atom is -0.432 e. The van der Waals surface area contributed by atoms with Crippen molar-refractivity contribution in [1.29, 1.82) is 0 Å². The second kappa shape index (κ2) is 9.79. The van der Waals surface area contributed by atoms with Crippen molar-refractivity contribution in [3.63, 3.8) is 0 Å². The number of hydrogen-bond acceptors (Lipinski definition) is 11. The number of rotatable bonds is 9. The molecule has 16 heteroatoms. The summed E-state index contributed by atoms with van der Waals surface area (Å²) in [6, 6.07) is 0.930. The number of aliphatic hydroxyl groups is 2. The van der Waals surface area contributed by atoms with E-state index in [0.29, 0.717) is 4.57 Å². The number of alkyl halides is 1. The molecule has 1 saturated heterocycles. The Hall–Kier alpha value is -2.13. The molecule has 14 nitrogen and oxygen atoms in total. The number of aliphatic hydroxyl groups excluding tert-OH is 1. The summed E-state index contributed by atoms with van der Waals surface area (Å²) in [4.78, 5) is 46.1. The molecule has 32 heavy (non-hydrogen) atoms. The number of nitrogens with zero attached hydrogens (tertiary/aromatic N) is 1. The largest absolute Gasteiger partial charge is 0.510 e. The summed E-state index contributed by atoms with van der Waals surface area (Å²) in [6.07, 6.45) is -4.49. The predicted octanol–water partition coefficient (Wildman–Crippen LogP) is -0.462. The Bertz CT molecular complexity index is 978. The Morgan fingerprint density at radius 1 is 1.41 bits per heavy atom. The standard InChI is InChI=1S/C16H24FN2O12P/c1-9(2)30-14(23)27-8-29-32(25,26)28-7-16(6-17)11(21)15(3,24)12(31-16)19-5-4-10(20)18-13(19)22/h4-5,9,11-12,21,24H,6-8H2,1-3H3,(H,25,26)(H,18,20,22)/t11-,12?,15+,16+/m0/s1. The minimum atomic E-state index is -4.96. The van der Waals surface area contributed by atoms with Crippen molar-refractivity contribution in [2.75, 3.05) is 20.1 Å². The Labute approximate surface area is 180 Å². The van der Waals surface area contributed by atoms with Crippen molar-refractivity contribution in [2.45, 2.75) is 50.4 Å². The van der Waals surface area contributed by atoms with E-state index >= 15 is 0 Å². The predicted molar refractivity (Wildman–Crippen MR) is 101 cm³/mol. The van der Waals surface area contributed by atoms with Crippen LogP contribution in [-0.4, -0.2) is 74.3 Å². The van der Waals surface area contributed by atoms with E-state index in [9.17, 15) is 38.4 Å². The summed E-state index contributed by atoms with van der Waals surface area (Å²) >= 11 is 0. The molecule has 1 aliphatic rings. The third kappa shape index (κ3) is 5.81. The van der Waals surface area contributed by atoms with Crippen molar-refractivity contribution in [2.24, 2.45) is 0 Å². The molecule has 5 atom stereocenters. The first kappa shape index (κ1) is 26.1. The lowest BCUT2D eigenvalue weighted by molar-refractivity contribution is -0.139. The highest BCUT2D eigenvalue weighted by molar-refractivity contribution is 7.47. The number of aromatic nitrogens is 2. The van der Waals surface area contributed by atoms with Gasteiger partial charge >= 0.3 is 19.7 Å². The van der Waals surface area contributed by atoms with Crippen LogP contribution in [0.4, 0.5) is 9.18 Å². The summed E-state index contributed by atoms with van der Waals surface area (Å²) in [5.41, 5.74) is -6.46. The number of phosphoric acid groups is 1. The van der Waals surface area contributed by atoms with E-state index in [4.69, 9.17) is 4.74 Å². The van der Waals surface area contributed by atoms with Gasteiger partial charge in [-0.2, -0.15) is 0 Å². The van der Waals surface area contributed by atoms with Crippen LogP contribution in [-0.2, 0) is 27.8 Å². The zero-order valence-corrected chi connectivity index (χ0v) is 18.2. The van der Waals surface area contributed by atoms with E-state index in [-0.39, 0.29) is 0 Å². The van der Waals surface area contributed by atoms with Gasteiger partial charge in [0.1, 0.15) is 18.4 Å². The molecular weight excluding hydrogens is 462 g/mol. The van der Waals surface area contributed by atoms with Gasteiger partial charge in [-0.3, -0.25) is 18.9 Å². The lowest BCUT2D eigenvalue weighted by atomic mass is 9.88. The number of nitrogens with one attached hydrogen (secondary N) is 1. The van der Waals surface area contributed by atoms with Crippen molar-refractivity contribution < 1.29 is 52.1 Å². The van der Waals surface area contributed by atoms with E-state index in [0.717, 1.165) is 19.2 Å². The zero-order valence-electron chi connectivity index (χ0n) is 17.3. The first-order chi connectivity index (χ1) is 14.7. The second-order valence-corrected chi connectivity index (χ2v) is 8.82. The first-order valence-electron chi connectivity index (χ1n) is 9.15. The van der Waals surface area contributed by atoms with Crippen LogP contribution in [0.2, 0.25) is 0 Å². The number of aromatic amines is 1. The molecular formula is C16H24FN2O12P. The van der Waals surface area contributed by atoms with Gasteiger partial charge in [0.2, 0.25) is 6.79 Å². The lowest BCUT2D eigenvalue weighted by Crippen LogP contribution is -2.53. The average Bonchev–Trinajstić information content (AvgIpc) is 2.87. The third-order valence-corrected chi connectivity index (χ3v) is 5.31. The highest BCUT2D eigenvalue weighted by Gasteiger charge is 2.62. The van der Waals surface area contributed by atoms with Crippen LogP contribution >= 0.6 is 7.82 Å². The molecule has 1 aromatic heterocycles. The fraction of sp³-hybridized carbons (Fsp3) is 0.688.